The van der Waals surface area contributed by atoms with Gasteiger partial charge in [-0.2, -0.15) is 13.2 Å². The van der Waals surface area contributed by atoms with Crippen LogP contribution in [0.1, 0.15) is 30.5 Å². The molecule has 1 aliphatic rings. The van der Waals surface area contributed by atoms with Gasteiger partial charge in [-0.05, 0) is 48.1 Å². The predicted octanol–water partition coefficient (Wildman–Crippen LogP) is 3.50. The number of carboxylic acids is 1. The first-order chi connectivity index (χ1) is 14.2. The van der Waals surface area contributed by atoms with Crippen molar-refractivity contribution in [1.82, 2.24) is 10.3 Å². The van der Waals surface area contributed by atoms with Crippen molar-refractivity contribution in [3.05, 3.63) is 47.7 Å². The van der Waals surface area contributed by atoms with Crippen LogP contribution in [0.2, 0.25) is 0 Å². The van der Waals surface area contributed by atoms with E-state index in [2.05, 4.69) is 10.3 Å². The van der Waals surface area contributed by atoms with Gasteiger partial charge >= 0.3 is 12.1 Å². The summed E-state index contributed by atoms with van der Waals surface area (Å²) in [6.07, 6.45) is -2.15. The maximum atomic E-state index is 13.3. The van der Waals surface area contributed by atoms with E-state index in [4.69, 9.17) is 5.11 Å². The highest BCUT2D eigenvalue weighted by molar-refractivity contribution is 5.81. The van der Waals surface area contributed by atoms with Crippen molar-refractivity contribution in [1.29, 1.82) is 0 Å². The molecule has 3 rings (SSSR count). The molecule has 1 aromatic heterocycles. The Morgan fingerprint density at radius 2 is 1.73 bits per heavy atom. The number of benzene rings is 1. The summed E-state index contributed by atoms with van der Waals surface area (Å²) in [5.74, 6) is -1.16. The number of amides is 1. The molecule has 1 aliphatic heterocycles. The molecule has 6 nitrogen and oxygen atoms in total. The van der Waals surface area contributed by atoms with E-state index >= 15 is 0 Å². The van der Waals surface area contributed by atoms with Crippen molar-refractivity contribution in [2.75, 3.05) is 24.5 Å². The van der Waals surface area contributed by atoms with Crippen LogP contribution in [0.5, 0.6) is 0 Å². The number of anilines is 1. The average Bonchev–Trinajstić information content (AvgIpc) is 3.25. The van der Waals surface area contributed by atoms with Gasteiger partial charge in [0.25, 0.3) is 0 Å². The largest absolute Gasteiger partial charge is 0.480 e. The van der Waals surface area contributed by atoms with Gasteiger partial charge in [-0.25, -0.2) is 4.98 Å². The highest BCUT2D eigenvalue weighted by Crippen LogP contribution is 2.34. The van der Waals surface area contributed by atoms with Gasteiger partial charge in [0.2, 0.25) is 5.91 Å². The molecular weight excluding hydrogens is 399 g/mol. The number of pyridine rings is 1. The van der Waals surface area contributed by atoms with Crippen molar-refractivity contribution >= 4 is 17.7 Å². The van der Waals surface area contributed by atoms with Gasteiger partial charge in [0.1, 0.15) is 18.1 Å². The second kappa shape index (κ2) is 9.15. The molecule has 0 bridgehead atoms. The molecule has 1 amide bonds. The van der Waals surface area contributed by atoms with Crippen LogP contribution in [0.25, 0.3) is 11.1 Å². The molecule has 2 heterocycles. The maximum absolute atomic E-state index is 13.3. The number of halogens is 3. The summed E-state index contributed by atoms with van der Waals surface area (Å²) >= 11 is 0. The minimum atomic E-state index is -4.53. The van der Waals surface area contributed by atoms with Gasteiger partial charge in [0.15, 0.2) is 0 Å². The molecule has 1 aromatic carbocycles. The Bertz CT molecular complexity index is 908. The zero-order valence-electron chi connectivity index (χ0n) is 16.2. The molecule has 0 aliphatic carbocycles. The lowest BCUT2D eigenvalue weighted by atomic mass is 10.0. The summed E-state index contributed by atoms with van der Waals surface area (Å²) in [7, 11) is 0. The lowest BCUT2D eigenvalue weighted by molar-refractivity contribution is -0.141. The van der Waals surface area contributed by atoms with Crippen LogP contribution in [0.4, 0.5) is 19.0 Å². The molecular formula is C21H22F3N3O3. The lowest BCUT2D eigenvalue weighted by Gasteiger charge is -2.19. The van der Waals surface area contributed by atoms with Crippen molar-refractivity contribution in [2.24, 2.45) is 0 Å². The Morgan fingerprint density at radius 3 is 2.33 bits per heavy atom. The van der Waals surface area contributed by atoms with Gasteiger partial charge in [0.05, 0.1) is 0 Å². The third-order valence-electron chi connectivity index (χ3n) is 4.90. The fraction of sp³-hybridized carbons (Fsp3) is 0.381. The molecule has 1 fully saturated rings. The predicted molar refractivity (Wildman–Crippen MR) is 105 cm³/mol. The van der Waals surface area contributed by atoms with E-state index in [0.29, 0.717) is 36.5 Å². The fourth-order valence-corrected chi connectivity index (χ4v) is 3.32. The molecule has 0 saturated carbocycles. The van der Waals surface area contributed by atoms with Crippen LogP contribution in [0, 0.1) is 0 Å². The first-order valence-electron chi connectivity index (χ1n) is 9.64. The average molecular weight is 421 g/mol. The van der Waals surface area contributed by atoms with Crippen molar-refractivity contribution < 1.29 is 27.9 Å². The maximum Gasteiger partial charge on any atom is 0.433 e. The normalized spacial score (nSPS) is 14.0. The van der Waals surface area contributed by atoms with Crippen LogP contribution >= 0.6 is 0 Å². The van der Waals surface area contributed by atoms with E-state index < -0.39 is 24.4 Å². The molecule has 9 heteroatoms. The molecule has 0 radical (unpaired) electrons. The number of carboxylic acid groups (broad SMARTS) is 1. The molecule has 2 N–H and O–H groups in total. The smallest absolute Gasteiger partial charge is 0.433 e. The van der Waals surface area contributed by atoms with E-state index in [0.717, 1.165) is 24.5 Å². The van der Waals surface area contributed by atoms with E-state index in [-0.39, 0.29) is 12.3 Å². The molecule has 0 atom stereocenters. The zero-order chi connectivity index (χ0) is 21.7. The second-order valence-corrected chi connectivity index (χ2v) is 7.16. The van der Waals surface area contributed by atoms with E-state index in [9.17, 15) is 22.8 Å². The van der Waals surface area contributed by atoms with Crippen LogP contribution in [-0.4, -0.2) is 41.6 Å². The van der Waals surface area contributed by atoms with Gasteiger partial charge in [-0.3, -0.25) is 9.59 Å². The number of aromatic nitrogens is 1. The monoisotopic (exact) mass is 421 g/mol. The number of aliphatic carboxylic acids is 1. The molecule has 0 spiro atoms. The van der Waals surface area contributed by atoms with E-state index in [1.807, 2.05) is 4.90 Å². The number of aryl methyl sites for hydroxylation is 1. The summed E-state index contributed by atoms with van der Waals surface area (Å²) in [5.41, 5.74) is 0.975. The topological polar surface area (TPSA) is 82.5 Å². The van der Waals surface area contributed by atoms with Crippen molar-refractivity contribution in [3.8, 4) is 11.1 Å². The Hall–Kier alpha value is -3.10. The Balaban J connectivity index is 1.75. The highest BCUT2D eigenvalue weighted by Gasteiger charge is 2.34. The van der Waals surface area contributed by atoms with Crippen LogP contribution in [0.3, 0.4) is 0 Å². The number of nitrogens with one attached hydrogen (secondary N) is 1. The number of carbonyl (C=O) groups is 2. The summed E-state index contributed by atoms with van der Waals surface area (Å²) in [4.78, 5) is 27.8. The summed E-state index contributed by atoms with van der Waals surface area (Å²) in [6, 6.07) is 9.66. The standard InChI is InChI=1S/C21H22F3N3O3/c22-21(23,24)17-11-16(12-18(26-17)27-9-1-2-10-27)15-6-3-14(4-7-15)5-8-19(28)25-13-20(29)30/h3-4,6-7,11-12H,1-2,5,8-10,13H2,(H,25,28)(H,29,30). The van der Waals surface area contributed by atoms with E-state index in [1.54, 1.807) is 30.3 Å². The van der Waals surface area contributed by atoms with E-state index in [1.165, 1.54) is 0 Å². The van der Waals surface area contributed by atoms with Crippen molar-refractivity contribution in [2.45, 2.75) is 31.9 Å². The third kappa shape index (κ3) is 5.71. The zero-order valence-corrected chi connectivity index (χ0v) is 16.2. The summed E-state index contributed by atoms with van der Waals surface area (Å²) in [5, 5.41) is 10.8. The van der Waals surface area contributed by atoms with Crippen LogP contribution < -0.4 is 10.2 Å². The number of nitrogens with zero attached hydrogens (tertiary/aromatic N) is 2. The Morgan fingerprint density at radius 1 is 1.07 bits per heavy atom. The SMILES string of the molecule is O=C(O)CNC(=O)CCc1ccc(-c2cc(N3CCCC3)nc(C(F)(F)F)c2)cc1. The van der Waals surface area contributed by atoms with Gasteiger partial charge in [-0.1, -0.05) is 24.3 Å². The second-order valence-electron chi connectivity index (χ2n) is 7.16. The number of hydrogen-bond acceptors (Lipinski definition) is 4. The Kier molecular flexibility index (Phi) is 6.59. The first-order valence-corrected chi connectivity index (χ1v) is 9.64. The first kappa shape index (κ1) is 21.6. The number of hydrogen-bond donors (Lipinski definition) is 2. The quantitative estimate of drug-likeness (QED) is 0.715. The molecule has 2 aromatic rings. The van der Waals surface area contributed by atoms with Crippen molar-refractivity contribution in [3.63, 3.8) is 0 Å². The van der Waals surface area contributed by atoms with Gasteiger partial charge in [-0.15, -0.1) is 0 Å². The van der Waals surface area contributed by atoms with Crippen LogP contribution in [0.15, 0.2) is 36.4 Å². The van der Waals surface area contributed by atoms with Gasteiger partial charge in [0, 0.05) is 19.5 Å². The Labute approximate surface area is 171 Å². The summed E-state index contributed by atoms with van der Waals surface area (Å²) in [6.45, 7) is 0.952. The highest BCUT2D eigenvalue weighted by atomic mass is 19.4. The number of alkyl halides is 3. The fourth-order valence-electron chi connectivity index (χ4n) is 3.32. The minimum absolute atomic E-state index is 0.124. The van der Waals surface area contributed by atoms with Crippen LogP contribution in [-0.2, 0) is 22.2 Å². The molecule has 30 heavy (non-hydrogen) atoms. The molecule has 0 unspecified atom stereocenters. The third-order valence-corrected chi connectivity index (χ3v) is 4.90. The number of carbonyl (C=O) groups excluding carboxylic acids is 1. The lowest BCUT2D eigenvalue weighted by Crippen LogP contribution is -2.29. The summed E-state index contributed by atoms with van der Waals surface area (Å²) < 4.78 is 40.0. The molecule has 1 saturated heterocycles. The molecule has 160 valence electrons. The number of rotatable bonds is 7. The minimum Gasteiger partial charge on any atom is -0.480 e. The van der Waals surface area contributed by atoms with Gasteiger partial charge < -0.3 is 15.3 Å².